The standard InChI is InChI=1S/C30H27ClFN5O3/c1-2-4-27(37-40-18-24-16-33-11-12-38-24)21-7-9-28-25(14-21)30(35-19-34-28)36-23-8-10-29(26(31)15-23)39-17-20-5-3-6-22(32)13-20/h3,5-10,13-15,19,24,33H,11-12,16-18H2,1H3,(H,34,35,36)/t24-/m0/s1. The van der Waals surface area contributed by atoms with E-state index in [-0.39, 0.29) is 18.5 Å². The molecule has 2 heterocycles. The first-order valence-electron chi connectivity index (χ1n) is 12.7. The molecule has 4 aromatic rings. The SMILES string of the molecule is CC#CC(=NOC[C@@H]1CNCCO1)c1ccc2ncnc(Nc3ccc(OCc4cccc(F)c4)c(Cl)c3)c2c1. The molecule has 1 saturated heterocycles. The van der Waals surface area contributed by atoms with Crippen LogP contribution in [0.4, 0.5) is 15.9 Å². The third-order valence-electron chi connectivity index (χ3n) is 6.05. The van der Waals surface area contributed by atoms with Crippen LogP contribution in [-0.2, 0) is 16.2 Å². The Morgan fingerprint density at radius 1 is 1.20 bits per heavy atom. The van der Waals surface area contributed by atoms with Crippen molar-refractivity contribution in [2.75, 3.05) is 31.6 Å². The van der Waals surface area contributed by atoms with Crippen LogP contribution in [0.2, 0.25) is 5.02 Å². The number of nitrogens with zero attached hydrogens (tertiary/aromatic N) is 3. The Balaban J connectivity index is 1.33. The van der Waals surface area contributed by atoms with Crippen molar-refractivity contribution in [1.29, 1.82) is 0 Å². The van der Waals surface area contributed by atoms with Crippen molar-refractivity contribution in [3.05, 3.63) is 89.0 Å². The highest BCUT2D eigenvalue weighted by molar-refractivity contribution is 6.32. The Morgan fingerprint density at radius 2 is 2.12 bits per heavy atom. The number of ether oxygens (including phenoxy) is 2. The van der Waals surface area contributed by atoms with Crippen LogP contribution >= 0.6 is 11.6 Å². The zero-order valence-electron chi connectivity index (χ0n) is 21.8. The van der Waals surface area contributed by atoms with E-state index in [2.05, 4.69) is 37.6 Å². The molecule has 3 aromatic carbocycles. The maximum Gasteiger partial charge on any atom is 0.159 e. The minimum absolute atomic E-state index is 0.0564. The molecule has 2 N–H and O–H groups in total. The molecule has 1 fully saturated rings. The fourth-order valence-corrected chi connectivity index (χ4v) is 4.34. The van der Waals surface area contributed by atoms with E-state index in [4.69, 9.17) is 25.9 Å². The minimum atomic E-state index is -0.314. The van der Waals surface area contributed by atoms with Crippen LogP contribution in [0.25, 0.3) is 10.9 Å². The summed E-state index contributed by atoms with van der Waals surface area (Å²) in [6, 6.07) is 17.3. The second-order valence-corrected chi connectivity index (χ2v) is 9.36. The molecule has 0 aliphatic carbocycles. The lowest BCUT2D eigenvalue weighted by Gasteiger charge is -2.22. The Kier molecular flexibility index (Phi) is 9.04. The molecule has 8 nitrogen and oxygen atoms in total. The van der Waals surface area contributed by atoms with E-state index < -0.39 is 0 Å². The van der Waals surface area contributed by atoms with E-state index in [1.807, 2.05) is 24.3 Å². The average molecular weight is 560 g/mol. The lowest BCUT2D eigenvalue weighted by Crippen LogP contribution is -2.40. The van der Waals surface area contributed by atoms with Gasteiger partial charge in [-0.1, -0.05) is 34.8 Å². The summed E-state index contributed by atoms with van der Waals surface area (Å²) >= 11 is 6.49. The number of oxime groups is 1. The molecule has 1 aromatic heterocycles. The van der Waals surface area contributed by atoms with Crippen LogP contribution in [0.5, 0.6) is 5.75 Å². The molecule has 0 saturated carbocycles. The largest absolute Gasteiger partial charge is 0.487 e. The molecule has 0 bridgehead atoms. The van der Waals surface area contributed by atoms with E-state index in [0.29, 0.717) is 46.8 Å². The summed E-state index contributed by atoms with van der Waals surface area (Å²) in [5.41, 5.74) is 3.42. The highest BCUT2D eigenvalue weighted by atomic mass is 35.5. The molecule has 1 atom stereocenters. The smallest absolute Gasteiger partial charge is 0.159 e. The molecule has 0 spiro atoms. The lowest BCUT2D eigenvalue weighted by molar-refractivity contribution is -0.0300. The van der Waals surface area contributed by atoms with E-state index in [9.17, 15) is 4.39 Å². The monoisotopic (exact) mass is 559 g/mol. The molecule has 5 rings (SSSR count). The van der Waals surface area contributed by atoms with Gasteiger partial charge in [-0.2, -0.15) is 0 Å². The van der Waals surface area contributed by atoms with Gasteiger partial charge in [0, 0.05) is 29.7 Å². The maximum atomic E-state index is 13.4. The van der Waals surface area contributed by atoms with Crippen LogP contribution in [0, 0.1) is 17.7 Å². The van der Waals surface area contributed by atoms with Crippen molar-refractivity contribution in [3.63, 3.8) is 0 Å². The Labute approximate surface area is 236 Å². The van der Waals surface area contributed by atoms with Gasteiger partial charge >= 0.3 is 0 Å². The minimum Gasteiger partial charge on any atom is -0.487 e. The second kappa shape index (κ2) is 13.2. The molecule has 204 valence electrons. The number of rotatable bonds is 9. The first kappa shape index (κ1) is 27.3. The number of benzene rings is 3. The van der Waals surface area contributed by atoms with Crippen molar-refractivity contribution in [2.45, 2.75) is 19.6 Å². The summed E-state index contributed by atoms with van der Waals surface area (Å²) in [6.45, 7) is 4.47. The summed E-state index contributed by atoms with van der Waals surface area (Å²) < 4.78 is 24.9. The van der Waals surface area contributed by atoms with Gasteiger partial charge in [-0.05, 0) is 66.9 Å². The zero-order valence-corrected chi connectivity index (χ0v) is 22.5. The normalized spacial score (nSPS) is 15.3. The third-order valence-corrected chi connectivity index (χ3v) is 6.35. The summed E-state index contributed by atoms with van der Waals surface area (Å²) in [7, 11) is 0. The van der Waals surface area contributed by atoms with Gasteiger partial charge in [-0.25, -0.2) is 14.4 Å². The van der Waals surface area contributed by atoms with Crippen molar-refractivity contribution in [3.8, 4) is 17.6 Å². The number of anilines is 2. The maximum absolute atomic E-state index is 13.4. The first-order valence-corrected chi connectivity index (χ1v) is 13.1. The van der Waals surface area contributed by atoms with Gasteiger partial charge in [0.2, 0.25) is 0 Å². The van der Waals surface area contributed by atoms with Crippen molar-refractivity contribution >= 4 is 39.7 Å². The molecule has 0 amide bonds. The predicted octanol–water partition coefficient (Wildman–Crippen LogP) is 5.48. The Bertz CT molecular complexity index is 1580. The molecule has 0 radical (unpaired) electrons. The molecule has 0 unspecified atom stereocenters. The highest BCUT2D eigenvalue weighted by Crippen LogP contribution is 2.31. The number of hydrogen-bond donors (Lipinski definition) is 2. The van der Waals surface area contributed by atoms with Crippen molar-refractivity contribution in [1.82, 2.24) is 15.3 Å². The molecular weight excluding hydrogens is 533 g/mol. The first-order chi connectivity index (χ1) is 19.6. The number of aromatic nitrogens is 2. The van der Waals surface area contributed by atoms with Gasteiger partial charge in [-0.15, -0.1) is 0 Å². The predicted molar refractivity (Wildman–Crippen MR) is 154 cm³/mol. The molecule has 40 heavy (non-hydrogen) atoms. The molecule has 1 aliphatic heterocycles. The fraction of sp³-hybridized carbons (Fsp3) is 0.233. The van der Waals surface area contributed by atoms with Gasteiger partial charge in [0.05, 0.1) is 17.1 Å². The van der Waals surface area contributed by atoms with Crippen LogP contribution in [0.1, 0.15) is 18.1 Å². The van der Waals surface area contributed by atoms with Gasteiger partial charge in [0.1, 0.15) is 43.0 Å². The zero-order chi connectivity index (χ0) is 27.7. The number of nitrogens with one attached hydrogen (secondary N) is 2. The van der Waals surface area contributed by atoms with Crippen LogP contribution in [-0.4, -0.2) is 48.1 Å². The topological polar surface area (TPSA) is 89.9 Å². The number of hydrogen-bond acceptors (Lipinski definition) is 8. The van der Waals surface area contributed by atoms with Crippen LogP contribution in [0.15, 0.2) is 72.1 Å². The summed E-state index contributed by atoms with van der Waals surface area (Å²) in [4.78, 5) is 14.4. The molecular formula is C30H27ClFN5O3. The van der Waals surface area contributed by atoms with Crippen molar-refractivity contribution in [2.24, 2.45) is 5.16 Å². The molecule has 10 heteroatoms. The number of halogens is 2. The summed E-state index contributed by atoms with van der Waals surface area (Å²) in [6.07, 6.45) is 1.43. The van der Waals surface area contributed by atoms with Crippen LogP contribution < -0.4 is 15.4 Å². The van der Waals surface area contributed by atoms with Gasteiger partial charge in [-0.3, -0.25) is 0 Å². The lowest BCUT2D eigenvalue weighted by atomic mass is 10.1. The quantitative estimate of drug-likeness (QED) is 0.159. The Morgan fingerprint density at radius 3 is 2.92 bits per heavy atom. The third kappa shape index (κ3) is 7.04. The number of fused-ring (bicyclic) bond motifs is 1. The van der Waals surface area contributed by atoms with Gasteiger partial charge in [0.25, 0.3) is 0 Å². The highest BCUT2D eigenvalue weighted by Gasteiger charge is 2.15. The Hall–Kier alpha value is -4.23. The van der Waals surface area contributed by atoms with Crippen LogP contribution in [0.3, 0.4) is 0 Å². The fourth-order valence-electron chi connectivity index (χ4n) is 4.10. The van der Waals surface area contributed by atoms with E-state index in [1.54, 1.807) is 31.2 Å². The summed E-state index contributed by atoms with van der Waals surface area (Å²) in [5.74, 6) is 6.67. The van der Waals surface area contributed by atoms with Gasteiger partial charge in [0.15, 0.2) is 5.71 Å². The van der Waals surface area contributed by atoms with E-state index in [1.165, 1.54) is 18.5 Å². The van der Waals surface area contributed by atoms with Gasteiger partial charge < -0.3 is 24.9 Å². The average Bonchev–Trinajstić information content (AvgIpc) is 2.97. The van der Waals surface area contributed by atoms with Crippen molar-refractivity contribution < 1.29 is 18.7 Å². The van der Waals surface area contributed by atoms with E-state index in [0.717, 1.165) is 29.6 Å². The second-order valence-electron chi connectivity index (χ2n) is 8.95. The molecule has 1 aliphatic rings. The number of morpholine rings is 1. The summed E-state index contributed by atoms with van der Waals surface area (Å²) in [5, 5.41) is 12.0. The van der Waals surface area contributed by atoms with E-state index >= 15 is 0 Å².